The molecule has 3 heterocycles. The minimum Gasteiger partial charge on any atom is -0.464 e. The number of rotatable bonds is 3. The van der Waals surface area contributed by atoms with E-state index in [1.807, 2.05) is 11.0 Å². The Morgan fingerprint density at radius 3 is 2.52 bits per heavy atom. The molecule has 0 atom stereocenters. The van der Waals surface area contributed by atoms with Crippen LogP contribution in [0, 0.1) is 19.8 Å². The van der Waals surface area contributed by atoms with Gasteiger partial charge in [-0.2, -0.15) is 0 Å². The molecule has 0 saturated carbocycles. The summed E-state index contributed by atoms with van der Waals surface area (Å²) in [7, 11) is 0. The summed E-state index contributed by atoms with van der Waals surface area (Å²) < 4.78 is 16.9. The van der Waals surface area contributed by atoms with Gasteiger partial charge in [0.05, 0.1) is 25.9 Å². The molecule has 1 aromatic carbocycles. The fourth-order valence-electron chi connectivity index (χ4n) is 3.82. The first-order valence-electron chi connectivity index (χ1n) is 9.10. The van der Waals surface area contributed by atoms with E-state index in [0.29, 0.717) is 25.6 Å². The van der Waals surface area contributed by atoms with Crippen LogP contribution in [0.3, 0.4) is 0 Å². The molecule has 2 aliphatic heterocycles. The van der Waals surface area contributed by atoms with Gasteiger partial charge in [-0.1, -0.05) is 0 Å². The molecule has 2 fully saturated rings. The molecule has 0 spiro atoms. The number of benzene rings is 1. The Labute approximate surface area is 147 Å². The van der Waals surface area contributed by atoms with E-state index in [2.05, 4.69) is 19.9 Å². The number of likely N-dealkylation sites (tertiary alicyclic amines) is 1. The molecule has 5 heteroatoms. The molecular weight excluding hydrogens is 318 g/mol. The summed E-state index contributed by atoms with van der Waals surface area (Å²) in [5.41, 5.74) is 4.27. The second-order valence-electron chi connectivity index (χ2n) is 7.20. The van der Waals surface area contributed by atoms with Crippen LogP contribution >= 0.6 is 0 Å². The van der Waals surface area contributed by atoms with Crippen molar-refractivity contribution >= 4 is 16.9 Å². The number of hydrogen-bond donors (Lipinski definition) is 0. The number of furan rings is 1. The molecule has 1 amide bonds. The normalized spacial score (nSPS) is 19.8. The number of aryl methyl sites for hydroxylation is 2. The van der Waals surface area contributed by atoms with Gasteiger partial charge >= 0.3 is 0 Å². The molecule has 0 aliphatic carbocycles. The molecule has 4 rings (SSSR count). The largest absolute Gasteiger partial charge is 0.464 e. The topological polar surface area (TPSA) is 51.9 Å². The zero-order valence-electron chi connectivity index (χ0n) is 14.9. The SMILES string of the molecule is Cc1cc2occ(CC(=O)N3CCC(C4OCCO4)CC3)c2cc1C. The van der Waals surface area contributed by atoms with E-state index in [4.69, 9.17) is 13.9 Å². The monoisotopic (exact) mass is 343 g/mol. The summed E-state index contributed by atoms with van der Waals surface area (Å²) in [5, 5.41) is 1.05. The van der Waals surface area contributed by atoms with Crippen LogP contribution in [-0.4, -0.2) is 43.4 Å². The van der Waals surface area contributed by atoms with E-state index in [1.54, 1.807) is 6.26 Å². The average Bonchev–Trinajstić information content (AvgIpc) is 3.27. The number of nitrogens with zero attached hydrogens (tertiary/aromatic N) is 1. The molecule has 2 aliphatic rings. The maximum atomic E-state index is 12.7. The van der Waals surface area contributed by atoms with Gasteiger partial charge in [-0.25, -0.2) is 0 Å². The smallest absolute Gasteiger partial charge is 0.227 e. The van der Waals surface area contributed by atoms with Crippen LogP contribution in [0.25, 0.3) is 11.0 Å². The summed E-state index contributed by atoms with van der Waals surface area (Å²) in [6, 6.07) is 4.17. The molecule has 1 aromatic heterocycles. The highest BCUT2D eigenvalue weighted by molar-refractivity contribution is 5.88. The van der Waals surface area contributed by atoms with Crippen LogP contribution in [-0.2, 0) is 20.7 Å². The van der Waals surface area contributed by atoms with Crippen molar-refractivity contribution in [1.29, 1.82) is 0 Å². The number of carbonyl (C=O) groups excluding carboxylic acids is 1. The maximum Gasteiger partial charge on any atom is 0.227 e. The third-order valence-corrected chi connectivity index (χ3v) is 5.54. The number of fused-ring (bicyclic) bond motifs is 1. The van der Waals surface area contributed by atoms with Crippen molar-refractivity contribution in [3.63, 3.8) is 0 Å². The summed E-state index contributed by atoms with van der Waals surface area (Å²) >= 11 is 0. The number of ether oxygens (including phenoxy) is 2. The zero-order chi connectivity index (χ0) is 17.4. The minimum atomic E-state index is -0.0683. The van der Waals surface area contributed by atoms with Crippen LogP contribution in [0.15, 0.2) is 22.8 Å². The second kappa shape index (κ2) is 6.81. The highest BCUT2D eigenvalue weighted by Crippen LogP contribution is 2.28. The van der Waals surface area contributed by atoms with Crippen molar-refractivity contribution in [2.24, 2.45) is 5.92 Å². The Hall–Kier alpha value is -1.85. The molecule has 0 radical (unpaired) electrons. The number of amides is 1. The van der Waals surface area contributed by atoms with Gasteiger partial charge < -0.3 is 18.8 Å². The lowest BCUT2D eigenvalue weighted by Crippen LogP contribution is -2.42. The quantitative estimate of drug-likeness (QED) is 0.859. The fraction of sp³-hybridized carbons (Fsp3) is 0.550. The fourth-order valence-corrected chi connectivity index (χ4v) is 3.82. The van der Waals surface area contributed by atoms with Crippen LogP contribution in [0.2, 0.25) is 0 Å². The molecule has 0 unspecified atom stereocenters. The summed E-state index contributed by atoms with van der Waals surface area (Å²) in [5.74, 6) is 0.583. The van der Waals surface area contributed by atoms with E-state index >= 15 is 0 Å². The first kappa shape index (κ1) is 16.6. The summed E-state index contributed by atoms with van der Waals surface area (Å²) in [4.78, 5) is 14.7. The lowest BCUT2D eigenvalue weighted by atomic mass is 9.95. The molecule has 0 bridgehead atoms. The molecule has 2 saturated heterocycles. The Kier molecular flexibility index (Phi) is 4.52. The second-order valence-corrected chi connectivity index (χ2v) is 7.20. The molecule has 134 valence electrons. The average molecular weight is 343 g/mol. The molecule has 2 aromatic rings. The van der Waals surface area contributed by atoms with Crippen LogP contribution < -0.4 is 0 Å². The predicted molar refractivity (Wildman–Crippen MR) is 94.4 cm³/mol. The number of piperidine rings is 1. The number of hydrogen-bond acceptors (Lipinski definition) is 4. The van der Waals surface area contributed by atoms with E-state index in [9.17, 15) is 4.79 Å². The first-order valence-corrected chi connectivity index (χ1v) is 9.10. The van der Waals surface area contributed by atoms with Gasteiger partial charge in [0.25, 0.3) is 0 Å². The Morgan fingerprint density at radius 2 is 1.80 bits per heavy atom. The van der Waals surface area contributed by atoms with Crippen molar-refractivity contribution in [1.82, 2.24) is 4.90 Å². The van der Waals surface area contributed by atoms with Crippen LogP contribution in [0.4, 0.5) is 0 Å². The van der Waals surface area contributed by atoms with E-state index in [1.165, 1.54) is 11.1 Å². The van der Waals surface area contributed by atoms with Gasteiger partial charge in [-0.3, -0.25) is 4.79 Å². The van der Waals surface area contributed by atoms with Crippen molar-refractivity contribution in [2.45, 2.75) is 39.4 Å². The van der Waals surface area contributed by atoms with Crippen molar-refractivity contribution < 1.29 is 18.7 Å². The van der Waals surface area contributed by atoms with Crippen molar-refractivity contribution in [2.75, 3.05) is 26.3 Å². The Balaban J connectivity index is 1.40. The van der Waals surface area contributed by atoms with E-state index in [-0.39, 0.29) is 12.2 Å². The van der Waals surface area contributed by atoms with E-state index in [0.717, 1.165) is 42.5 Å². The van der Waals surface area contributed by atoms with Crippen molar-refractivity contribution in [3.05, 3.63) is 35.1 Å². The van der Waals surface area contributed by atoms with E-state index < -0.39 is 0 Å². The summed E-state index contributed by atoms with van der Waals surface area (Å²) in [6.07, 6.45) is 3.95. The molecule has 25 heavy (non-hydrogen) atoms. The van der Waals surface area contributed by atoms with Gasteiger partial charge in [0.1, 0.15) is 5.58 Å². The lowest BCUT2D eigenvalue weighted by Gasteiger charge is -2.33. The number of carbonyl (C=O) groups is 1. The lowest BCUT2D eigenvalue weighted by molar-refractivity contribution is -0.136. The first-order chi connectivity index (χ1) is 12.1. The summed E-state index contributed by atoms with van der Waals surface area (Å²) in [6.45, 7) is 7.10. The minimum absolute atomic E-state index is 0.0683. The standard InChI is InChI=1S/C20H25NO4/c1-13-9-17-16(12-25-18(17)10-14(13)2)11-19(22)21-5-3-15(4-6-21)20-23-7-8-24-20/h9-10,12,15,20H,3-8,11H2,1-2H3. The zero-order valence-corrected chi connectivity index (χ0v) is 14.9. The van der Waals surface area contributed by atoms with Gasteiger partial charge in [0.15, 0.2) is 6.29 Å². The highest BCUT2D eigenvalue weighted by atomic mass is 16.7. The predicted octanol–water partition coefficient (Wildman–Crippen LogP) is 3.20. The van der Waals surface area contributed by atoms with Gasteiger partial charge in [-0.15, -0.1) is 0 Å². The van der Waals surface area contributed by atoms with Gasteiger partial charge in [0.2, 0.25) is 5.91 Å². The third kappa shape index (κ3) is 3.31. The maximum absolute atomic E-state index is 12.7. The van der Waals surface area contributed by atoms with Crippen molar-refractivity contribution in [3.8, 4) is 0 Å². The van der Waals surface area contributed by atoms with Gasteiger partial charge in [-0.05, 0) is 49.9 Å². The molecule has 5 nitrogen and oxygen atoms in total. The highest BCUT2D eigenvalue weighted by Gasteiger charge is 2.31. The third-order valence-electron chi connectivity index (χ3n) is 5.54. The Bertz CT molecular complexity index is 767. The van der Waals surface area contributed by atoms with Crippen LogP contribution in [0.1, 0.15) is 29.5 Å². The Morgan fingerprint density at radius 1 is 1.12 bits per heavy atom. The van der Waals surface area contributed by atoms with Gasteiger partial charge in [0, 0.05) is 30.0 Å². The molecule has 0 N–H and O–H groups in total. The molecular formula is C20H25NO4. The van der Waals surface area contributed by atoms with Crippen LogP contribution in [0.5, 0.6) is 0 Å².